The summed E-state index contributed by atoms with van der Waals surface area (Å²) in [5.41, 5.74) is 11.9. The van der Waals surface area contributed by atoms with Gasteiger partial charge in [0.25, 0.3) is 0 Å². The first-order chi connectivity index (χ1) is 5.57. The number of nitrogens with two attached hydrogens (primary N) is 1. The van der Waals surface area contributed by atoms with E-state index in [1.165, 1.54) is 22.3 Å². The van der Waals surface area contributed by atoms with Gasteiger partial charge >= 0.3 is 0 Å². The summed E-state index contributed by atoms with van der Waals surface area (Å²) in [5, 5.41) is 0.839. The third kappa shape index (κ3) is 1.48. The van der Waals surface area contributed by atoms with Gasteiger partial charge in [0.05, 0.1) is 0 Å². The molecular weight excluding hydrogens is 214 g/mol. The standard InChI is InChI=1S/C10H14BrN/c1-6-4-7(2)9(5-11)10(12)8(6)3/h4H,5,12H2,1-3H3. The zero-order valence-electron chi connectivity index (χ0n) is 7.74. The summed E-state index contributed by atoms with van der Waals surface area (Å²) in [6, 6.07) is 2.18. The SMILES string of the molecule is Cc1cc(C)c(CBr)c(N)c1C. The van der Waals surface area contributed by atoms with Crippen molar-refractivity contribution in [2.45, 2.75) is 26.1 Å². The Kier molecular flexibility index (Phi) is 2.78. The molecule has 0 heterocycles. The Morgan fingerprint density at radius 1 is 1.25 bits per heavy atom. The van der Waals surface area contributed by atoms with Crippen molar-refractivity contribution in [3.8, 4) is 0 Å². The number of aryl methyl sites for hydroxylation is 2. The first kappa shape index (κ1) is 9.59. The highest BCUT2D eigenvalue weighted by Crippen LogP contribution is 2.25. The lowest BCUT2D eigenvalue weighted by Crippen LogP contribution is -2.00. The largest absolute Gasteiger partial charge is 0.398 e. The van der Waals surface area contributed by atoms with E-state index in [1.807, 2.05) is 0 Å². The quantitative estimate of drug-likeness (QED) is 0.580. The zero-order chi connectivity index (χ0) is 9.30. The fourth-order valence-corrected chi connectivity index (χ4v) is 2.09. The maximum absolute atomic E-state index is 5.96. The molecule has 1 aromatic carbocycles. The van der Waals surface area contributed by atoms with Gasteiger partial charge < -0.3 is 5.73 Å². The van der Waals surface area contributed by atoms with Gasteiger partial charge in [-0.05, 0) is 43.0 Å². The van der Waals surface area contributed by atoms with Crippen LogP contribution in [0.3, 0.4) is 0 Å². The molecule has 0 aliphatic rings. The van der Waals surface area contributed by atoms with Crippen LogP contribution in [0.25, 0.3) is 0 Å². The fraction of sp³-hybridized carbons (Fsp3) is 0.400. The number of halogens is 1. The summed E-state index contributed by atoms with van der Waals surface area (Å²) in [6.45, 7) is 6.26. The summed E-state index contributed by atoms with van der Waals surface area (Å²) in [6.07, 6.45) is 0. The van der Waals surface area contributed by atoms with Crippen molar-refractivity contribution in [3.63, 3.8) is 0 Å². The Bertz CT molecular complexity index is 305. The predicted octanol–water partition coefficient (Wildman–Crippen LogP) is 3.09. The Hall–Kier alpha value is -0.500. The molecule has 0 spiro atoms. The van der Waals surface area contributed by atoms with Gasteiger partial charge in [0.2, 0.25) is 0 Å². The van der Waals surface area contributed by atoms with Crippen LogP contribution in [0.4, 0.5) is 5.69 Å². The van der Waals surface area contributed by atoms with Crippen molar-refractivity contribution >= 4 is 21.6 Å². The van der Waals surface area contributed by atoms with E-state index in [0.717, 1.165) is 11.0 Å². The van der Waals surface area contributed by atoms with Crippen LogP contribution in [0.15, 0.2) is 6.07 Å². The molecule has 1 nitrogen and oxygen atoms in total. The maximum atomic E-state index is 5.96. The fourth-order valence-electron chi connectivity index (χ4n) is 1.35. The summed E-state index contributed by atoms with van der Waals surface area (Å²) in [5.74, 6) is 0. The first-order valence-corrected chi connectivity index (χ1v) is 5.11. The van der Waals surface area contributed by atoms with E-state index in [0.29, 0.717) is 0 Å². The van der Waals surface area contributed by atoms with Crippen LogP contribution in [-0.4, -0.2) is 0 Å². The van der Waals surface area contributed by atoms with E-state index in [4.69, 9.17) is 5.73 Å². The van der Waals surface area contributed by atoms with Gasteiger partial charge in [-0.1, -0.05) is 22.0 Å². The van der Waals surface area contributed by atoms with Gasteiger partial charge in [0.15, 0.2) is 0 Å². The lowest BCUT2D eigenvalue weighted by Gasteiger charge is -2.12. The first-order valence-electron chi connectivity index (χ1n) is 3.99. The molecule has 12 heavy (non-hydrogen) atoms. The molecule has 0 saturated heterocycles. The molecule has 0 atom stereocenters. The van der Waals surface area contributed by atoms with Crippen LogP contribution >= 0.6 is 15.9 Å². The average molecular weight is 228 g/mol. The number of hydrogen-bond donors (Lipinski definition) is 1. The van der Waals surface area contributed by atoms with Gasteiger partial charge in [0, 0.05) is 11.0 Å². The van der Waals surface area contributed by atoms with E-state index < -0.39 is 0 Å². The second-order valence-electron chi connectivity index (χ2n) is 3.16. The van der Waals surface area contributed by atoms with Crippen molar-refractivity contribution in [2.75, 3.05) is 5.73 Å². The summed E-state index contributed by atoms with van der Waals surface area (Å²) in [7, 11) is 0. The van der Waals surface area contributed by atoms with Gasteiger partial charge in [-0.2, -0.15) is 0 Å². The van der Waals surface area contributed by atoms with Crippen molar-refractivity contribution in [1.29, 1.82) is 0 Å². The highest BCUT2D eigenvalue weighted by Gasteiger charge is 2.06. The topological polar surface area (TPSA) is 26.0 Å². The molecule has 0 unspecified atom stereocenters. The van der Waals surface area contributed by atoms with E-state index in [1.54, 1.807) is 0 Å². The van der Waals surface area contributed by atoms with Crippen molar-refractivity contribution < 1.29 is 0 Å². The lowest BCUT2D eigenvalue weighted by molar-refractivity contribution is 1.24. The molecule has 0 fully saturated rings. The third-order valence-corrected chi connectivity index (χ3v) is 2.92. The van der Waals surface area contributed by atoms with Gasteiger partial charge in [-0.3, -0.25) is 0 Å². The minimum atomic E-state index is 0.839. The molecule has 0 saturated carbocycles. The second kappa shape index (κ2) is 3.48. The number of alkyl halides is 1. The normalized spacial score (nSPS) is 10.3. The Balaban J connectivity index is 3.40. The average Bonchev–Trinajstić information content (AvgIpc) is 2.01. The smallest absolute Gasteiger partial charge is 0.0390 e. The van der Waals surface area contributed by atoms with Gasteiger partial charge in [-0.25, -0.2) is 0 Å². The highest BCUT2D eigenvalue weighted by atomic mass is 79.9. The number of anilines is 1. The van der Waals surface area contributed by atoms with Gasteiger partial charge in [0.1, 0.15) is 0 Å². The van der Waals surface area contributed by atoms with Crippen molar-refractivity contribution in [1.82, 2.24) is 0 Å². The number of nitrogen functional groups attached to an aromatic ring is 1. The molecule has 0 aromatic heterocycles. The van der Waals surface area contributed by atoms with Crippen molar-refractivity contribution in [3.05, 3.63) is 28.3 Å². The monoisotopic (exact) mass is 227 g/mol. The lowest BCUT2D eigenvalue weighted by atomic mass is 9.99. The molecule has 0 aliphatic carbocycles. The Morgan fingerprint density at radius 3 is 2.33 bits per heavy atom. The molecule has 0 bridgehead atoms. The van der Waals surface area contributed by atoms with E-state index in [-0.39, 0.29) is 0 Å². The minimum Gasteiger partial charge on any atom is -0.398 e. The molecule has 1 aromatic rings. The second-order valence-corrected chi connectivity index (χ2v) is 3.72. The summed E-state index contributed by atoms with van der Waals surface area (Å²) < 4.78 is 0. The highest BCUT2D eigenvalue weighted by molar-refractivity contribution is 9.08. The van der Waals surface area contributed by atoms with Crippen LogP contribution in [0.5, 0.6) is 0 Å². The molecule has 1 rings (SSSR count). The van der Waals surface area contributed by atoms with Crippen LogP contribution in [-0.2, 0) is 5.33 Å². The van der Waals surface area contributed by atoms with E-state index >= 15 is 0 Å². The van der Waals surface area contributed by atoms with Crippen LogP contribution in [0, 0.1) is 20.8 Å². The number of rotatable bonds is 1. The van der Waals surface area contributed by atoms with E-state index in [9.17, 15) is 0 Å². The molecule has 0 aliphatic heterocycles. The third-order valence-electron chi connectivity index (χ3n) is 2.36. The molecule has 2 heteroatoms. The maximum Gasteiger partial charge on any atom is 0.0390 e. The summed E-state index contributed by atoms with van der Waals surface area (Å²) in [4.78, 5) is 0. The summed E-state index contributed by atoms with van der Waals surface area (Å²) >= 11 is 3.44. The molecule has 0 amide bonds. The molecule has 0 radical (unpaired) electrons. The van der Waals surface area contributed by atoms with Crippen LogP contribution in [0.2, 0.25) is 0 Å². The zero-order valence-corrected chi connectivity index (χ0v) is 9.33. The van der Waals surface area contributed by atoms with Crippen LogP contribution < -0.4 is 5.73 Å². The van der Waals surface area contributed by atoms with Crippen molar-refractivity contribution in [2.24, 2.45) is 0 Å². The predicted molar refractivity (Wildman–Crippen MR) is 57.7 cm³/mol. The molecular formula is C10H14BrN. The minimum absolute atomic E-state index is 0.839. The van der Waals surface area contributed by atoms with Gasteiger partial charge in [-0.15, -0.1) is 0 Å². The Morgan fingerprint density at radius 2 is 1.83 bits per heavy atom. The molecule has 2 N–H and O–H groups in total. The Labute approximate surface area is 82.1 Å². The van der Waals surface area contributed by atoms with E-state index in [2.05, 4.69) is 42.8 Å². The number of benzene rings is 1. The van der Waals surface area contributed by atoms with Crippen LogP contribution in [0.1, 0.15) is 22.3 Å². The number of hydrogen-bond acceptors (Lipinski definition) is 1. The molecule has 66 valence electrons.